The molecule has 0 unspecified atom stereocenters. The molecule has 1 aromatic heterocycles. The van der Waals surface area contributed by atoms with Crippen LogP contribution in [0.2, 0.25) is 0 Å². The molecule has 0 spiro atoms. The van der Waals surface area contributed by atoms with Crippen molar-refractivity contribution >= 4 is 17.8 Å². The molecular weight excluding hydrogens is 324 g/mol. The average Bonchev–Trinajstić information content (AvgIpc) is 2.92. The van der Waals surface area contributed by atoms with Gasteiger partial charge in [-0.2, -0.15) is 0 Å². The molecule has 7 nitrogen and oxygen atoms in total. The Bertz CT molecular complexity index is 603. The number of aromatic carboxylic acids is 1. The molecule has 1 N–H and O–H groups in total. The summed E-state index contributed by atoms with van der Waals surface area (Å²) in [6.45, 7) is 7.20. The van der Waals surface area contributed by atoms with E-state index in [4.69, 9.17) is 9.52 Å². The monoisotopic (exact) mass is 352 g/mol. The molecule has 0 saturated heterocycles. The first-order valence-corrected chi connectivity index (χ1v) is 8.64. The van der Waals surface area contributed by atoms with Crippen LogP contribution < -0.4 is 0 Å². The standard InChI is InChI=1S/C18H28N2O5/c1-5-9-20(10-6-2)17(22)8-7-16(21)19(4)12-14-11-15(18(23)24)13(3)25-14/h11H,5-10,12H2,1-4H3,(H,23,24). The fourth-order valence-electron chi connectivity index (χ4n) is 2.62. The second-order valence-corrected chi connectivity index (χ2v) is 6.12. The van der Waals surface area contributed by atoms with Crippen LogP contribution in [-0.2, 0) is 16.1 Å². The number of carboxylic acid groups (broad SMARTS) is 1. The van der Waals surface area contributed by atoms with E-state index in [-0.39, 0.29) is 36.8 Å². The van der Waals surface area contributed by atoms with Crippen LogP contribution in [0.4, 0.5) is 0 Å². The number of furan rings is 1. The highest BCUT2D eigenvalue weighted by atomic mass is 16.4. The number of nitrogens with zero attached hydrogens (tertiary/aromatic N) is 2. The molecule has 1 heterocycles. The minimum Gasteiger partial charge on any atom is -0.478 e. The molecule has 0 aliphatic heterocycles. The maximum absolute atomic E-state index is 12.2. The average molecular weight is 352 g/mol. The molecule has 25 heavy (non-hydrogen) atoms. The predicted octanol–water partition coefficient (Wildman–Crippen LogP) is 2.67. The van der Waals surface area contributed by atoms with Crippen LogP contribution in [-0.4, -0.2) is 52.8 Å². The maximum Gasteiger partial charge on any atom is 0.339 e. The van der Waals surface area contributed by atoms with Crippen molar-refractivity contribution in [1.82, 2.24) is 9.80 Å². The van der Waals surface area contributed by atoms with Gasteiger partial charge in [0.15, 0.2) is 0 Å². The van der Waals surface area contributed by atoms with Gasteiger partial charge < -0.3 is 19.3 Å². The van der Waals surface area contributed by atoms with Gasteiger partial charge in [-0.05, 0) is 25.8 Å². The molecule has 1 aromatic rings. The molecule has 0 bridgehead atoms. The lowest BCUT2D eigenvalue weighted by Crippen LogP contribution is -2.34. The van der Waals surface area contributed by atoms with Gasteiger partial charge >= 0.3 is 5.97 Å². The van der Waals surface area contributed by atoms with E-state index in [2.05, 4.69) is 0 Å². The SMILES string of the molecule is CCCN(CCC)C(=O)CCC(=O)N(C)Cc1cc(C(=O)O)c(C)o1. The molecule has 2 amide bonds. The van der Waals surface area contributed by atoms with E-state index in [1.54, 1.807) is 18.9 Å². The zero-order valence-electron chi connectivity index (χ0n) is 15.5. The highest BCUT2D eigenvalue weighted by Crippen LogP contribution is 2.16. The number of aryl methyl sites for hydroxylation is 1. The van der Waals surface area contributed by atoms with E-state index in [1.165, 1.54) is 11.0 Å². The third kappa shape index (κ3) is 6.25. The van der Waals surface area contributed by atoms with Crippen molar-refractivity contribution in [1.29, 1.82) is 0 Å². The summed E-state index contributed by atoms with van der Waals surface area (Å²) in [5, 5.41) is 9.02. The molecule has 0 aromatic carbocycles. The van der Waals surface area contributed by atoms with Crippen molar-refractivity contribution in [3.05, 3.63) is 23.2 Å². The quantitative estimate of drug-likeness (QED) is 0.699. The van der Waals surface area contributed by atoms with Crippen LogP contribution in [0.25, 0.3) is 0 Å². The Morgan fingerprint density at radius 1 is 1.08 bits per heavy atom. The lowest BCUT2D eigenvalue weighted by molar-refractivity contribution is -0.136. The van der Waals surface area contributed by atoms with Crippen LogP contribution in [0.1, 0.15) is 61.4 Å². The highest BCUT2D eigenvalue weighted by molar-refractivity contribution is 5.89. The Labute approximate surface area is 148 Å². The summed E-state index contributed by atoms with van der Waals surface area (Å²) < 4.78 is 5.37. The number of carboxylic acids is 1. The third-order valence-electron chi connectivity index (χ3n) is 3.91. The van der Waals surface area contributed by atoms with Crippen LogP contribution in [0.15, 0.2) is 10.5 Å². The molecule has 0 aliphatic rings. The van der Waals surface area contributed by atoms with Gasteiger partial charge in [-0.25, -0.2) is 4.79 Å². The number of carbonyl (C=O) groups is 3. The summed E-state index contributed by atoms with van der Waals surface area (Å²) in [5.74, 6) is -0.511. The summed E-state index contributed by atoms with van der Waals surface area (Å²) in [5.41, 5.74) is 0.0980. The number of hydrogen-bond donors (Lipinski definition) is 1. The van der Waals surface area contributed by atoms with Crippen molar-refractivity contribution in [2.75, 3.05) is 20.1 Å². The maximum atomic E-state index is 12.2. The second-order valence-electron chi connectivity index (χ2n) is 6.12. The minimum absolute atomic E-state index is 0.00698. The fraction of sp³-hybridized carbons (Fsp3) is 0.611. The minimum atomic E-state index is -1.06. The van der Waals surface area contributed by atoms with Crippen LogP contribution >= 0.6 is 0 Å². The first-order valence-electron chi connectivity index (χ1n) is 8.64. The summed E-state index contributed by atoms with van der Waals surface area (Å²) in [4.78, 5) is 38.7. The molecular formula is C18H28N2O5. The second kappa shape index (κ2) is 9.86. The van der Waals surface area contributed by atoms with Gasteiger partial charge in [-0.15, -0.1) is 0 Å². The van der Waals surface area contributed by atoms with Gasteiger partial charge in [-0.1, -0.05) is 13.8 Å². The van der Waals surface area contributed by atoms with Gasteiger partial charge in [0.1, 0.15) is 17.1 Å². The van der Waals surface area contributed by atoms with Gasteiger partial charge in [0, 0.05) is 33.0 Å². The number of rotatable bonds is 10. The van der Waals surface area contributed by atoms with E-state index in [1.807, 2.05) is 13.8 Å². The molecule has 7 heteroatoms. The largest absolute Gasteiger partial charge is 0.478 e. The van der Waals surface area contributed by atoms with Crippen LogP contribution in [0, 0.1) is 6.92 Å². The summed E-state index contributed by atoms with van der Waals surface area (Å²) >= 11 is 0. The van der Waals surface area contributed by atoms with E-state index >= 15 is 0 Å². The third-order valence-corrected chi connectivity index (χ3v) is 3.91. The lowest BCUT2D eigenvalue weighted by atomic mass is 10.2. The smallest absolute Gasteiger partial charge is 0.339 e. The highest BCUT2D eigenvalue weighted by Gasteiger charge is 2.19. The Morgan fingerprint density at radius 2 is 1.64 bits per heavy atom. The molecule has 0 atom stereocenters. The molecule has 140 valence electrons. The molecule has 0 aliphatic carbocycles. The van der Waals surface area contributed by atoms with Crippen molar-refractivity contribution in [2.24, 2.45) is 0 Å². The Hall–Kier alpha value is -2.31. The normalized spacial score (nSPS) is 10.6. The molecule has 0 saturated carbocycles. The van der Waals surface area contributed by atoms with Crippen LogP contribution in [0.3, 0.4) is 0 Å². The zero-order chi connectivity index (χ0) is 19.0. The van der Waals surface area contributed by atoms with E-state index < -0.39 is 5.97 Å². The van der Waals surface area contributed by atoms with Crippen molar-refractivity contribution < 1.29 is 23.9 Å². The van der Waals surface area contributed by atoms with Gasteiger partial charge in [-0.3, -0.25) is 9.59 Å². The molecule has 1 rings (SSSR count). The summed E-state index contributed by atoms with van der Waals surface area (Å²) in [6.07, 6.45) is 2.10. The predicted molar refractivity (Wildman–Crippen MR) is 93.3 cm³/mol. The number of hydrogen-bond acceptors (Lipinski definition) is 4. The first kappa shape index (κ1) is 20.7. The summed E-state index contributed by atoms with van der Waals surface area (Å²) in [7, 11) is 1.61. The van der Waals surface area contributed by atoms with Crippen LogP contribution in [0.5, 0.6) is 0 Å². The van der Waals surface area contributed by atoms with Crippen molar-refractivity contribution in [3.8, 4) is 0 Å². The zero-order valence-corrected chi connectivity index (χ0v) is 15.5. The molecule has 0 radical (unpaired) electrons. The Morgan fingerprint density at radius 3 is 2.12 bits per heavy atom. The van der Waals surface area contributed by atoms with Gasteiger partial charge in [0.25, 0.3) is 0 Å². The van der Waals surface area contributed by atoms with Crippen molar-refractivity contribution in [3.63, 3.8) is 0 Å². The van der Waals surface area contributed by atoms with E-state index in [9.17, 15) is 14.4 Å². The van der Waals surface area contributed by atoms with E-state index in [0.717, 1.165) is 12.8 Å². The number of amides is 2. The topological polar surface area (TPSA) is 91.1 Å². The molecule has 0 fully saturated rings. The Kier molecular flexibility index (Phi) is 8.18. The number of carbonyl (C=O) groups excluding carboxylic acids is 2. The lowest BCUT2D eigenvalue weighted by Gasteiger charge is -2.22. The van der Waals surface area contributed by atoms with E-state index in [0.29, 0.717) is 24.6 Å². The van der Waals surface area contributed by atoms with Crippen molar-refractivity contribution in [2.45, 2.75) is 53.0 Å². The van der Waals surface area contributed by atoms with Gasteiger partial charge in [0.05, 0.1) is 6.54 Å². The van der Waals surface area contributed by atoms with Gasteiger partial charge in [0.2, 0.25) is 11.8 Å². The summed E-state index contributed by atoms with van der Waals surface area (Å²) in [6, 6.07) is 1.43. The fourth-order valence-corrected chi connectivity index (χ4v) is 2.62. The first-order chi connectivity index (χ1) is 11.8. The Balaban J connectivity index is 2.55.